The lowest BCUT2D eigenvalue weighted by molar-refractivity contribution is -0.141. The van der Waals surface area contributed by atoms with Crippen LogP contribution in [0.25, 0.3) is 10.9 Å². The molecule has 29 heavy (non-hydrogen) atoms. The Hall–Kier alpha value is -2.75. The van der Waals surface area contributed by atoms with Gasteiger partial charge in [0.15, 0.2) is 5.82 Å². The summed E-state index contributed by atoms with van der Waals surface area (Å²) < 4.78 is 31.2. The second kappa shape index (κ2) is 7.25. The maximum atomic E-state index is 14.8. The number of amides is 2. The lowest BCUT2D eigenvalue weighted by atomic mass is 9.86. The highest BCUT2D eigenvalue weighted by Gasteiger charge is 2.45. The normalized spacial score (nSPS) is 22.7. The van der Waals surface area contributed by atoms with Gasteiger partial charge in [-0.15, -0.1) is 0 Å². The fourth-order valence-electron chi connectivity index (χ4n) is 4.25. The van der Waals surface area contributed by atoms with Crippen molar-refractivity contribution < 1.29 is 23.5 Å². The fourth-order valence-corrected chi connectivity index (χ4v) is 4.25. The zero-order chi connectivity index (χ0) is 20.8. The van der Waals surface area contributed by atoms with Gasteiger partial charge in [0.25, 0.3) is 5.92 Å². The summed E-state index contributed by atoms with van der Waals surface area (Å²) in [6, 6.07) is 4.91. The van der Waals surface area contributed by atoms with Gasteiger partial charge in [-0.05, 0) is 37.1 Å². The van der Waals surface area contributed by atoms with Crippen LogP contribution in [0.15, 0.2) is 18.2 Å². The van der Waals surface area contributed by atoms with Crippen LogP contribution in [-0.4, -0.2) is 70.4 Å². The van der Waals surface area contributed by atoms with E-state index in [4.69, 9.17) is 5.11 Å². The number of hydrogen-bond donors (Lipinski definition) is 2. The highest BCUT2D eigenvalue weighted by Crippen LogP contribution is 2.41. The molecular formula is C19H23F2N5O3. The highest BCUT2D eigenvalue weighted by atomic mass is 19.3. The number of alkyl halides is 2. The van der Waals surface area contributed by atoms with E-state index in [9.17, 15) is 18.4 Å². The van der Waals surface area contributed by atoms with Gasteiger partial charge >= 0.3 is 12.0 Å². The summed E-state index contributed by atoms with van der Waals surface area (Å²) in [6.07, 6.45) is 0.980. The summed E-state index contributed by atoms with van der Waals surface area (Å²) in [4.78, 5) is 25.9. The fraction of sp³-hybridized carbons (Fsp3) is 0.526. The number of rotatable bonds is 4. The molecular weight excluding hydrogens is 384 g/mol. The lowest BCUT2D eigenvalue weighted by Crippen LogP contribution is -2.48. The number of likely N-dealkylation sites (tertiary alicyclic amines) is 1. The molecule has 2 aliphatic heterocycles. The molecule has 1 aromatic carbocycles. The summed E-state index contributed by atoms with van der Waals surface area (Å²) >= 11 is 0. The van der Waals surface area contributed by atoms with E-state index < -0.39 is 24.4 Å². The van der Waals surface area contributed by atoms with Crippen molar-refractivity contribution in [2.75, 3.05) is 37.6 Å². The Morgan fingerprint density at radius 2 is 2.17 bits per heavy atom. The van der Waals surface area contributed by atoms with Crippen LogP contribution in [0.4, 0.5) is 19.4 Å². The quantitative estimate of drug-likeness (QED) is 0.809. The first-order chi connectivity index (χ1) is 13.8. The van der Waals surface area contributed by atoms with Crippen LogP contribution in [0.3, 0.4) is 0 Å². The molecule has 0 spiro atoms. The number of urea groups is 1. The van der Waals surface area contributed by atoms with E-state index >= 15 is 0 Å². The first-order valence-electron chi connectivity index (χ1n) is 9.60. The minimum Gasteiger partial charge on any atom is -0.480 e. The van der Waals surface area contributed by atoms with Crippen molar-refractivity contribution in [1.29, 1.82) is 0 Å². The van der Waals surface area contributed by atoms with Crippen molar-refractivity contribution in [3.8, 4) is 0 Å². The molecule has 1 atom stereocenters. The maximum Gasteiger partial charge on any atom is 0.323 e. The van der Waals surface area contributed by atoms with E-state index in [1.807, 2.05) is 0 Å². The Bertz CT molecular complexity index is 961. The van der Waals surface area contributed by atoms with Gasteiger partial charge in [0.05, 0.1) is 24.5 Å². The molecule has 10 heteroatoms. The Balaban J connectivity index is 1.64. The Morgan fingerprint density at radius 3 is 2.86 bits per heavy atom. The second-order valence-corrected chi connectivity index (χ2v) is 7.67. The molecule has 2 N–H and O–H groups in total. The number of anilines is 1. The van der Waals surface area contributed by atoms with Crippen LogP contribution in [0.5, 0.6) is 0 Å². The molecule has 1 aromatic heterocycles. The molecule has 0 unspecified atom stereocenters. The smallest absolute Gasteiger partial charge is 0.323 e. The van der Waals surface area contributed by atoms with Crippen molar-refractivity contribution in [2.24, 2.45) is 7.05 Å². The molecule has 8 nitrogen and oxygen atoms in total. The second-order valence-electron chi connectivity index (χ2n) is 7.67. The third kappa shape index (κ3) is 3.64. The Kier molecular flexibility index (Phi) is 4.89. The zero-order valence-electron chi connectivity index (χ0n) is 16.1. The number of carboxylic acids is 1. The van der Waals surface area contributed by atoms with Crippen molar-refractivity contribution in [2.45, 2.75) is 24.7 Å². The lowest BCUT2D eigenvalue weighted by Gasteiger charge is -2.37. The molecule has 0 radical (unpaired) electrons. The number of carbonyl (C=O) groups is 2. The van der Waals surface area contributed by atoms with E-state index in [0.717, 1.165) is 11.8 Å². The highest BCUT2D eigenvalue weighted by molar-refractivity contribution is 6.01. The molecule has 0 aliphatic carbocycles. The first kappa shape index (κ1) is 19.6. The molecule has 156 valence electrons. The molecule has 2 amide bonds. The summed E-state index contributed by atoms with van der Waals surface area (Å²) in [5.41, 5.74) is 1.18. The molecule has 2 fully saturated rings. The van der Waals surface area contributed by atoms with Crippen molar-refractivity contribution >= 4 is 28.7 Å². The Morgan fingerprint density at radius 1 is 1.38 bits per heavy atom. The molecule has 2 saturated heterocycles. The minimum absolute atomic E-state index is 0.172. The summed E-state index contributed by atoms with van der Waals surface area (Å²) in [5.74, 6) is -4.61. The minimum atomic E-state index is -3.03. The van der Waals surface area contributed by atoms with Crippen LogP contribution in [0.1, 0.15) is 24.3 Å². The topological polar surface area (TPSA) is 90.7 Å². The number of hydrogen-bond acceptors (Lipinski definition) is 4. The number of aryl methyl sites for hydroxylation is 1. The van der Waals surface area contributed by atoms with Crippen molar-refractivity contribution in [3.63, 3.8) is 0 Å². The van der Waals surface area contributed by atoms with Gasteiger partial charge in [0.2, 0.25) is 0 Å². The monoisotopic (exact) mass is 407 g/mol. The van der Waals surface area contributed by atoms with Crippen molar-refractivity contribution in [3.05, 3.63) is 23.8 Å². The maximum absolute atomic E-state index is 14.8. The van der Waals surface area contributed by atoms with Gasteiger partial charge in [-0.1, -0.05) is 6.07 Å². The van der Waals surface area contributed by atoms with E-state index in [1.54, 1.807) is 34.8 Å². The number of carbonyl (C=O) groups excluding carboxylic acids is 1. The predicted octanol–water partition coefficient (Wildman–Crippen LogP) is 2.00. The standard InChI is InChI=1S/C19H23F2N5O3/c1-24-15-9-12(14-5-8-25(10-16(27)28)11-19(14,20)21)3-4-13(15)17(23-24)26-7-2-6-22-18(26)29/h3-4,9,14H,2,5-8,10-11H2,1H3,(H,22,29)(H,27,28)/t14-/m1/s1. The van der Waals surface area contributed by atoms with Crippen LogP contribution in [0, 0.1) is 0 Å². The van der Waals surface area contributed by atoms with Gasteiger partial charge in [-0.2, -0.15) is 5.10 Å². The predicted molar refractivity (Wildman–Crippen MR) is 102 cm³/mol. The first-order valence-corrected chi connectivity index (χ1v) is 9.60. The number of aromatic nitrogens is 2. The number of nitrogens with one attached hydrogen (secondary N) is 1. The van der Waals surface area contributed by atoms with Crippen LogP contribution in [0.2, 0.25) is 0 Å². The van der Waals surface area contributed by atoms with Crippen LogP contribution < -0.4 is 10.2 Å². The van der Waals surface area contributed by atoms with Crippen LogP contribution >= 0.6 is 0 Å². The van der Waals surface area contributed by atoms with E-state index in [2.05, 4.69) is 10.4 Å². The number of carboxylic acid groups (broad SMARTS) is 1. The Labute approximate surface area is 166 Å². The van der Waals surface area contributed by atoms with E-state index in [0.29, 0.717) is 36.5 Å². The SMILES string of the molecule is Cn1nc(N2CCCNC2=O)c2ccc([C@H]3CCN(CC(=O)O)CC3(F)F)cc21. The molecule has 4 rings (SSSR count). The third-order valence-electron chi connectivity index (χ3n) is 5.63. The molecule has 2 aliphatic rings. The van der Waals surface area contributed by atoms with E-state index in [-0.39, 0.29) is 19.0 Å². The number of halogens is 2. The van der Waals surface area contributed by atoms with Gasteiger partial charge in [0, 0.05) is 25.5 Å². The zero-order valence-corrected chi connectivity index (χ0v) is 16.1. The van der Waals surface area contributed by atoms with Gasteiger partial charge < -0.3 is 10.4 Å². The number of piperidine rings is 1. The molecule has 2 aromatic rings. The number of benzene rings is 1. The largest absolute Gasteiger partial charge is 0.480 e. The molecule has 0 bridgehead atoms. The molecule has 0 saturated carbocycles. The number of fused-ring (bicyclic) bond motifs is 1. The van der Waals surface area contributed by atoms with E-state index in [1.165, 1.54) is 4.90 Å². The number of aliphatic carboxylic acids is 1. The summed E-state index contributed by atoms with van der Waals surface area (Å²) in [6.45, 7) is 0.520. The summed E-state index contributed by atoms with van der Waals surface area (Å²) in [7, 11) is 1.73. The molecule has 3 heterocycles. The average Bonchev–Trinajstić information content (AvgIpc) is 2.97. The van der Waals surface area contributed by atoms with Crippen molar-refractivity contribution in [1.82, 2.24) is 20.0 Å². The number of nitrogens with zero attached hydrogens (tertiary/aromatic N) is 4. The van der Waals surface area contributed by atoms with Gasteiger partial charge in [-0.25, -0.2) is 13.6 Å². The average molecular weight is 407 g/mol. The van der Waals surface area contributed by atoms with Gasteiger partial charge in [0.1, 0.15) is 0 Å². The van der Waals surface area contributed by atoms with Crippen LogP contribution in [-0.2, 0) is 11.8 Å². The summed E-state index contributed by atoms with van der Waals surface area (Å²) in [5, 5.41) is 16.8. The van der Waals surface area contributed by atoms with Gasteiger partial charge in [-0.3, -0.25) is 19.3 Å². The third-order valence-corrected chi connectivity index (χ3v) is 5.63.